The van der Waals surface area contributed by atoms with Crippen LogP contribution in [0.25, 0.3) is 0 Å². The van der Waals surface area contributed by atoms with Crippen LogP contribution in [-0.4, -0.2) is 55.7 Å². The molecule has 10 heteroatoms. The van der Waals surface area contributed by atoms with E-state index in [1.165, 1.54) is 19.3 Å². The third-order valence-corrected chi connectivity index (χ3v) is 6.95. The Labute approximate surface area is 233 Å². The number of ether oxygens (including phenoxy) is 2. The van der Waals surface area contributed by atoms with Crippen molar-refractivity contribution in [3.05, 3.63) is 77.0 Å². The number of piperidine rings is 1. The molecule has 1 aliphatic heterocycles. The van der Waals surface area contributed by atoms with Gasteiger partial charge in [0.15, 0.2) is 5.78 Å². The van der Waals surface area contributed by atoms with E-state index in [4.69, 9.17) is 9.47 Å². The third-order valence-electron chi connectivity index (χ3n) is 6.95. The molecule has 0 bridgehead atoms. The highest BCUT2D eigenvalue weighted by atomic mass is 19.1. The topological polar surface area (TPSA) is 116 Å². The van der Waals surface area contributed by atoms with Gasteiger partial charge >= 0.3 is 0 Å². The molecule has 40 heavy (non-hydrogen) atoms. The molecule has 208 valence electrons. The smallest absolute Gasteiger partial charge is 0.254 e. The van der Waals surface area contributed by atoms with Crippen molar-refractivity contribution in [1.29, 1.82) is 5.26 Å². The van der Waals surface area contributed by atoms with E-state index in [1.807, 2.05) is 19.2 Å². The van der Waals surface area contributed by atoms with E-state index in [1.54, 1.807) is 19.1 Å². The summed E-state index contributed by atoms with van der Waals surface area (Å²) in [7, 11) is 3.44. The van der Waals surface area contributed by atoms with Crippen LogP contribution in [0.1, 0.15) is 52.5 Å². The van der Waals surface area contributed by atoms with Crippen molar-refractivity contribution >= 4 is 23.2 Å². The van der Waals surface area contributed by atoms with Crippen LogP contribution in [0.5, 0.6) is 11.5 Å². The van der Waals surface area contributed by atoms with Gasteiger partial charge in [-0.05, 0) is 70.1 Å². The minimum Gasteiger partial charge on any atom is -0.495 e. The number of anilines is 1. The number of fused-ring (bicyclic) bond motifs is 1. The highest BCUT2D eigenvalue weighted by Gasteiger charge is 2.25. The van der Waals surface area contributed by atoms with Crippen molar-refractivity contribution in [1.82, 2.24) is 10.2 Å². The maximum absolute atomic E-state index is 15.1. The average Bonchev–Trinajstić information content (AvgIpc) is 3.32. The lowest BCUT2D eigenvalue weighted by atomic mass is 10.0. The molecule has 0 atom stereocenters. The van der Waals surface area contributed by atoms with Gasteiger partial charge in [0.05, 0.1) is 23.9 Å². The van der Waals surface area contributed by atoms with Crippen molar-refractivity contribution in [2.24, 2.45) is 4.99 Å². The van der Waals surface area contributed by atoms with Gasteiger partial charge in [0, 0.05) is 18.5 Å². The van der Waals surface area contributed by atoms with E-state index in [0.717, 1.165) is 37.6 Å². The molecule has 1 amide bonds. The summed E-state index contributed by atoms with van der Waals surface area (Å²) in [4.78, 5) is 31.8. The number of amides is 1. The molecule has 1 heterocycles. The minimum absolute atomic E-state index is 0.0215. The number of rotatable bonds is 8. The number of benzene rings is 2. The van der Waals surface area contributed by atoms with Crippen molar-refractivity contribution in [2.75, 3.05) is 32.6 Å². The first-order chi connectivity index (χ1) is 19.2. The van der Waals surface area contributed by atoms with Crippen molar-refractivity contribution in [3.63, 3.8) is 0 Å². The second-order valence-electron chi connectivity index (χ2n) is 9.76. The predicted octanol–water partition coefficient (Wildman–Crippen LogP) is 4.62. The molecule has 2 N–H and O–H groups in total. The summed E-state index contributed by atoms with van der Waals surface area (Å²) in [6.07, 6.45) is 3.91. The number of nitrogens with one attached hydrogen (secondary N) is 2. The third kappa shape index (κ3) is 6.38. The molecule has 0 radical (unpaired) electrons. The van der Waals surface area contributed by atoms with E-state index in [2.05, 4.69) is 27.1 Å². The number of carbonyl (C=O) groups is 2. The first-order valence-corrected chi connectivity index (χ1v) is 13.0. The Kier molecular flexibility index (Phi) is 8.97. The number of hydrogen-bond donors (Lipinski definition) is 2. The van der Waals surface area contributed by atoms with Crippen LogP contribution >= 0.6 is 0 Å². The van der Waals surface area contributed by atoms with E-state index in [-0.39, 0.29) is 46.1 Å². The summed E-state index contributed by atoms with van der Waals surface area (Å²) in [6, 6.07) is 9.75. The lowest BCUT2D eigenvalue weighted by Crippen LogP contribution is -2.43. The highest BCUT2D eigenvalue weighted by Crippen LogP contribution is 2.33. The average molecular weight is 546 g/mol. The minimum atomic E-state index is -0.726. The van der Waals surface area contributed by atoms with Crippen molar-refractivity contribution < 1.29 is 23.5 Å². The molecule has 2 aliphatic rings. The van der Waals surface area contributed by atoms with Gasteiger partial charge in [-0.25, -0.2) is 4.39 Å². The molecule has 0 spiro atoms. The van der Waals surface area contributed by atoms with Crippen LogP contribution in [0.4, 0.5) is 10.1 Å². The Hall–Kier alpha value is -4.49. The first kappa shape index (κ1) is 28.5. The summed E-state index contributed by atoms with van der Waals surface area (Å²) in [6.45, 7) is 6.98. The number of nitrogens with zero attached hydrogens (tertiary/aromatic N) is 3. The standard InChI is InChI=1S/C30H32FN5O4/c1-5-19(17-32)30(40-26-8-6-7-20-9-10-25(37)28(20)26)34-18(2)33-24-16-23(31)22(15-27(24)39-4)29(38)35-21-11-13-36(3)14-12-21/h5-8,15-16,21H,1,9-14H2,2-4H3,(H,33,34)(H,35,38)/b30-19-. The number of allylic oxidation sites excluding steroid dienone is 2. The van der Waals surface area contributed by atoms with Crippen molar-refractivity contribution in [2.45, 2.75) is 38.6 Å². The van der Waals surface area contributed by atoms with Gasteiger partial charge in [0.25, 0.3) is 5.91 Å². The first-order valence-electron chi connectivity index (χ1n) is 13.0. The molecule has 2 aromatic carbocycles. The molecule has 9 nitrogen and oxygen atoms in total. The Morgan fingerprint density at radius 2 is 2.00 bits per heavy atom. The van der Waals surface area contributed by atoms with Gasteiger partial charge in [0.1, 0.15) is 34.8 Å². The number of methoxy groups -OCH3 is 1. The van der Waals surface area contributed by atoms with E-state index in [9.17, 15) is 14.9 Å². The van der Waals surface area contributed by atoms with E-state index in [0.29, 0.717) is 24.2 Å². The second kappa shape index (κ2) is 12.6. The molecule has 0 saturated carbocycles. The van der Waals surface area contributed by atoms with E-state index < -0.39 is 11.7 Å². The zero-order valence-electron chi connectivity index (χ0n) is 22.8. The highest BCUT2D eigenvalue weighted by molar-refractivity contribution is 6.03. The van der Waals surface area contributed by atoms with Crippen LogP contribution in [0.3, 0.4) is 0 Å². The number of amidine groups is 1. The van der Waals surface area contributed by atoms with Crippen LogP contribution in [-0.2, 0) is 6.42 Å². The fourth-order valence-electron chi connectivity index (χ4n) is 4.77. The Bertz CT molecular complexity index is 1430. The number of aliphatic imine (C=N–C) groups is 1. The predicted molar refractivity (Wildman–Crippen MR) is 150 cm³/mol. The Morgan fingerprint density at radius 1 is 1.25 bits per heavy atom. The van der Waals surface area contributed by atoms with Crippen molar-refractivity contribution in [3.8, 4) is 17.6 Å². The van der Waals surface area contributed by atoms with Gasteiger partial charge in [0.2, 0.25) is 5.88 Å². The maximum atomic E-state index is 15.1. The maximum Gasteiger partial charge on any atom is 0.254 e. The Balaban J connectivity index is 1.57. The van der Waals surface area contributed by atoms with Gasteiger partial charge in [-0.3, -0.25) is 9.59 Å². The van der Waals surface area contributed by atoms with Gasteiger partial charge in [-0.2, -0.15) is 10.3 Å². The molecule has 0 aromatic heterocycles. The number of aryl methyl sites for hydroxylation is 1. The number of hydrogen-bond acceptors (Lipinski definition) is 7. The molecule has 1 saturated heterocycles. The summed E-state index contributed by atoms with van der Waals surface area (Å²) in [5.74, 6) is -0.586. The van der Waals surface area contributed by atoms with Crippen LogP contribution in [0, 0.1) is 17.1 Å². The van der Waals surface area contributed by atoms with Gasteiger partial charge in [-0.1, -0.05) is 18.7 Å². The monoisotopic (exact) mass is 545 g/mol. The zero-order chi connectivity index (χ0) is 28.8. The fourth-order valence-corrected chi connectivity index (χ4v) is 4.77. The number of halogens is 1. The summed E-state index contributed by atoms with van der Waals surface area (Å²) in [5, 5.41) is 15.5. The number of nitriles is 1. The molecular formula is C30H32FN5O4. The Morgan fingerprint density at radius 3 is 2.67 bits per heavy atom. The zero-order valence-corrected chi connectivity index (χ0v) is 22.8. The molecule has 2 aromatic rings. The number of carbonyl (C=O) groups excluding carboxylic acids is 2. The lowest BCUT2D eigenvalue weighted by molar-refractivity contribution is 0.0911. The van der Waals surface area contributed by atoms with Crippen LogP contribution < -0.4 is 20.1 Å². The summed E-state index contributed by atoms with van der Waals surface area (Å²) >= 11 is 0. The fraction of sp³-hybridized carbons (Fsp3) is 0.333. The lowest BCUT2D eigenvalue weighted by Gasteiger charge is -2.29. The quantitative estimate of drug-likeness (QED) is 0.164. The second-order valence-corrected chi connectivity index (χ2v) is 9.76. The SMILES string of the molecule is C=C/C(C#N)=C(\N=C(C)Nc1cc(F)c(C(=O)NC2CCN(C)CC2)cc1OC)Oc1cccc2c1C(=O)CC2. The number of likely N-dealkylation sites (tertiary alicyclic amines) is 1. The number of ketones is 1. The molecule has 0 unspecified atom stereocenters. The van der Waals surface area contributed by atoms with E-state index >= 15 is 4.39 Å². The van der Waals surface area contributed by atoms with Crippen LogP contribution in [0.15, 0.2) is 59.4 Å². The molecule has 4 rings (SSSR count). The summed E-state index contributed by atoms with van der Waals surface area (Å²) in [5.41, 5.74) is 1.49. The molecular weight excluding hydrogens is 513 g/mol. The normalized spacial score (nSPS) is 16.5. The van der Waals surface area contributed by atoms with Crippen LogP contribution in [0.2, 0.25) is 0 Å². The molecule has 1 fully saturated rings. The van der Waals surface area contributed by atoms with Gasteiger partial charge < -0.3 is 25.0 Å². The number of Topliss-reactive ketones (excluding diaryl/α,β-unsaturated/α-hetero) is 1. The largest absolute Gasteiger partial charge is 0.495 e. The summed E-state index contributed by atoms with van der Waals surface area (Å²) < 4.78 is 26.5. The van der Waals surface area contributed by atoms with Gasteiger partial charge in [-0.15, -0.1) is 0 Å². The molecule has 1 aliphatic carbocycles.